The number of carbonyl (C=O) groups is 1. The van der Waals surface area contributed by atoms with Crippen LogP contribution in [0.3, 0.4) is 0 Å². The number of rotatable bonds is 7. The van der Waals surface area contributed by atoms with Crippen LogP contribution < -0.4 is 0 Å². The minimum Gasteiger partial charge on any atom is -0.508 e. The zero-order valence-electron chi connectivity index (χ0n) is 19.5. The lowest BCUT2D eigenvalue weighted by atomic mass is 9.92. The smallest absolute Gasteiger partial charge is 0.253 e. The van der Waals surface area contributed by atoms with E-state index in [1.54, 1.807) is 6.07 Å². The Kier molecular flexibility index (Phi) is 7.89. The van der Waals surface area contributed by atoms with Gasteiger partial charge in [0.2, 0.25) is 0 Å². The molecule has 2 aromatic carbocycles. The fourth-order valence-electron chi connectivity index (χ4n) is 4.67. The highest BCUT2D eigenvalue weighted by atomic mass is 16.3. The summed E-state index contributed by atoms with van der Waals surface area (Å²) in [4.78, 5) is 19.2. The Hall–Kier alpha value is -2.88. The molecule has 2 aromatic rings. The van der Waals surface area contributed by atoms with E-state index >= 15 is 0 Å². The maximum absolute atomic E-state index is 12.7. The molecule has 0 saturated carbocycles. The molecule has 0 aliphatic carbocycles. The van der Waals surface area contributed by atoms with Crippen LogP contribution in [-0.2, 0) is 0 Å². The maximum atomic E-state index is 12.7. The Bertz CT molecular complexity index is 949. The highest BCUT2D eigenvalue weighted by molar-refractivity contribution is 5.94. The zero-order valence-corrected chi connectivity index (χ0v) is 19.5. The molecule has 3 rings (SSSR count). The highest BCUT2D eigenvalue weighted by Crippen LogP contribution is 2.34. The molecular formula is C26H34N4O2. The van der Waals surface area contributed by atoms with Gasteiger partial charge in [0, 0.05) is 43.8 Å². The summed E-state index contributed by atoms with van der Waals surface area (Å²) in [5.74, 6) is 0.284. The molecule has 3 unspecified atom stereocenters. The lowest BCUT2D eigenvalue weighted by Gasteiger charge is -2.47. The van der Waals surface area contributed by atoms with Crippen LogP contribution in [0.1, 0.15) is 55.2 Å². The van der Waals surface area contributed by atoms with E-state index in [1.165, 1.54) is 0 Å². The number of aromatic hydroxyl groups is 1. The number of amides is 1. The van der Waals surface area contributed by atoms with E-state index in [2.05, 4.69) is 29.7 Å². The lowest BCUT2D eigenvalue weighted by molar-refractivity contribution is 0.0314. The van der Waals surface area contributed by atoms with Gasteiger partial charge in [-0.15, -0.1) is 0 Å². The van der Waals surface area contributed by atoms with Gasteiger partial charge in [-0.1, -0.05) is 24.3 Å². The molecule has 0 radical (unpaired) electrons. The first-order chi connectivity index (χ1) is 15.4. The van der Waals surface area contributed by atoms with Crippen molar-refractivity contribution >= 4 is 5.91 Å². The fourth-order valence-corrected chi connectivity index (χ4v) is 4.67. The standard InChI is InChI=1S/C26H34N4O2/c1-5-28(6-2)26(32)22-12-10-21(11-13-22)25(23-8-7-9-24(31)16-23)30-18-19(3)29(15-14-27)17-20(30)4/h7-13,16,19-20,25,31H,5-6,15,17-18H2,1-4H3. The number of phenols is 1. The molecule has 3 atom stereocenters. The average Bonchev–Trinajstić information content (AvgIpc) is 2.78. The number of phenolic OH excluding ortho intramolecular Hbond substituents is 1. The summed E-state index contributed by atoms with van der Waals surface area (Å²) in [5, 5.41) is 19.3. The van der Waals surface area contributed by atoms with Gasteiger partial charge in [0.25, 0.3) is 5.91 Å². The van der Waals surface area contributed by atoms with Gasteiger partial charge in [-0.05, 0) is 63.1 Å². The Morgan fingerprint density at radius 1 is 1.09 bits per heavy atom. The number of nitrogens with zero attached hydrogens (tertiary/aromatic N) is 4. The third-order valence-corrected chi connectivity index (χ3v) is 6.48. The summed E-state index contributed by atoms with van der Waals surface area (Å²) in [6.45, 7) is 11.7. The summed E-state index contributed by atoms with van der Waals surface area (Å²) < 4.78 is 0. The molecule has 1 heterocycles. The number of benzene rings is 2. The van der Waals surface area contributed by atoms with Crippen molar-refractivity contribution in [3.05, 3.63) is 65.2 Å². The predicted octanol–water partition coefficient (Wildman–Crippen LogP) is 3.88. The Balaban J connectivity index is 1.96. The van der Waals surface area contributed by atoms with E-state index in [9.17, 15) is 9.90 Å². The molecule has 6 nitrogen and oxygen atoms in total. The largest absolute Gasteiger partial charge is 0.508 e. The van der Waals surface area contributed by atoms with Gasteiger partial charge in [0.1, 0.15) is 5.75 Å². The van der Waals surface area contributed by atoms with Crippen molar-refractivity contribution < 1.29 is 9.90 Å². The maximum Gasteiger partial charge on any atom is 0.253 e. The van der Waals surface area contributed by atoms with Gasteiger partial charge in [-0.3, -0.25) is 14.6 Å². The van der Waals surface area contributed by atoms with Crippen LogP contribution in [0.5, 0.6) is 5.75 Å². The number of hydrogen-bond acceptors (Lipinski definition) is 5. The van der Waals surface area contributed by atoms with Crippen LogP contribution in [0.4, 0.5) is 0 Å². The van der Waals surface area contributed by atoms with Crippen molar-refractivity contribution in [2.75, 3.05) is 32.7 Å². The van der Waals surface area contributed by atoms with E-state index in [0.717, 1.165) is 24.2 Å². The predicted molar refractivity (Wildman–Crippen MR) is 126 cm³/mol. The van der Waals surface area contributed by atoms with Crippen molar-refractivity contribution in [2.45, 2.75) is 45.8 Å². The Labute approximate surface area is 191 Å². The number of hydrogen-bond donors (Lipinski definition) is 1. The monoisotopic (exact) mass is 434 g/mol. The van der Waals surface area contributed by atoms with Crippen molar-refractivity contribution in [1.29, 1.82) is 5.26 Å². The van der Waals surface area contributed by atoms with Crippen LogP contribution in [-0.4, -0.2) is 70.5 Å². The van der Waals surface area contributed by atoms with Crippen LogP contribution >= 0.6 is 0 Å². The molecule has 6 heteroatoms. The van der Waals surface area contributed by atoms with Crippen molar-refractivity contribution in [1.82, 2.24) is 14.7 Å². The van der Waals surface area contributed by atoms with Gasteiger partial charge < -0.3 is 10.0 Å². The van der Waals surface area contributed by atoms with Gasteiger partial charge in [0.15, 0.2) is 0 Å². The molecule has 1 aliphatic heterocycles. The minimum atomic E-state index is -0.0543. The van der Waals surface area contributed by atoms with E-state index in [-0.39, 0.29) is 29.8 Å². The molecule has 0 aromatic heterocycles. The van der Waals surface area contributed by atoms with Gasteiger partial charge in [0.05, 0.1) is 18.7 Å². The molecule has 32 heavy (non-hydrogen) atoms. The summed E-state index contributed by atoms with van der Waals surface area (Å²) in [5.41, 5.74) is 2.78. The molecule has 0 spiro atoms. The average molecular weight is 435 g/mol. The van der Waals surface area contributed by atoms with E-state index in [0.29, 0.717) is 25.2 Å². The summed E-state index contributed by atoms with van der Waals surface area (Å²) >= 11 is 0. The summed E-state index contributed by atoms with van der Waals surface area (Å²) in [6, 6.07) is 18.0. The number of carbonyl (C=O) groups excluding carboxylic acids is 1. The summed E-state index contributed by atoms with van der Waals surface area (Å²) in [6.07, 6.45) is 0. The van der Waals surface area contributed by atoms with Crippen LogP contribution in [0.2, 0.25) is 0 Å². The summed E-state index contributed by atoms with van der Waals surface area (Å²) in [7, 11) is 0. The normalized spacial score (nSPS) is 20.5. The Morgan fingerprint density at radius 3 is 2.38 bits per heavy atom. The SMILES string of the molecule is CCN(CC)C(=O)c1ccc(C(c2cccc(O)c2)N2CC(C)N(CC#N)CC2C)cc1. The molecule has 170 valence electrons. The van der Waals surface area contributed by atoms with Crippen LogP contribution in [0.25, 0.3) is 0 Å². The third-order valence-electron chi connectivity index (χ3n) is 6.48. The van der Waals surface area contributed by atoms with Gasteiger partial charge in [-0.2, -0.15) is 5.26 Å². The van der Waals surface area contributed by atoms with Crippen molar-refractivity contribution in [3.63, 3.8) is 0 Å². The minimum absolute atomic E-state index is 0.0440. The van der Waals surface area contributed by atoms with Crippen LogP contribution in [0.15, 0.2) is 48.5 Å². The van der Waals surface area contributed by atoms with Crippen molar-refractivity contribution in [3.8, 4) is 11.8 Å². The molecule has 0 bridgehead atoms. The molecule has 1 aliphatic rings. The fraction of sp³-hybridized carbons (Fsp3) is 0.462. The molecule has 1 amide bonds. The lowest BCUT2D eigenvalue weighted by Crippen LogP contribution is -2.57. The molecule has 1 saturated heterocycles. The third kappa shape index (κ3) is 5.12. The second-order valence-corrected chi connectivity index (χ2v) is 8.58. The van der Waals surface area contributed by atoms with E-state index in [4.69, 9.17) is 5.26 Å². The first kappa shape index (κ1) is 23.8. The second-order valence-electron chi connectivity index (χ2n) is 8.58. The first-order valence-electron chi connectivity index (χ1n) is 11.4. The number of piperazine rings is 1. The van der Waals surface area contributed by atoms with Gasteiger partial charge in [-0.25, -0.2) is 0 Å². The second kappa shape index (κ2) is 10.6. The van der Waals surface area contributed by atoms with E-state index in [1.807, 2.05) is 61.2 Å². The zero-order chi connectivity index (χ0) is 23.3. The van der Waals surface area contributed by atoms with E-state index < -0.39 is 0 Å². The van der Waals surface area contributed by atoms with Gasteiger partial charge >= 0.3 is 0 Å². The van der Waals surface area contributed by atoms with Crippen molar-refractivity contribution in [2.24, 2.45) is 0 Å². The molecule has 1 N–H and O–H groups in total. The quantitative estimate of drug-likeness (QED) is 0.670. The topological polar surface area (TPSA) is 70.8 Å². The Morgan fingerprint density at radius 2 is 1.78 bits per heavy atom. The first-order valence-corrected chi connectivity index (χ1v) is 11.4. The highest BCUT2D eigenvalue weighted by Gasteiger charge is 2.34. The molecular weight excluding hydrogens is 400 g/mol. The van der Waals surface area contributed by atoms with Crippen LogP contribution in [0, 0.1) is 11.3 Å². The molecule has 1 fully saturated rings. The number of nitriles is 1.